The normalized spacial score (nSPS) is 13.9. The predicted molar refractivity (Wildman–Crippen MR) is 79.1 cm³/mol. The van der Waals surface area contributed by atoms with Crippen LogP contribution in [0.15, 0.2) is 10.2 Å². The molecule has 5 heteroatoms. The maximum Gasteiger partial charge on any atom is 0.157 e. The van der Waals surface area contributed by atoms with Gasteiger partial charge in [-0.1, -0.05) is 27.7 Å². The fourth-order valence-electron chi connectivity index (χ4n) is 1.44. The highest BCUT2D eigenvalue weighted by Gasteiger charge is 2.10. The molecule has 0 aromatic heterocycles. The number of hydrogen-bond acceptors (Lipinski definition) is 4. The van der Waals surface area contributed by atoms with Crippen molar-refractivity contribution in [1.29, 1.82) is 10.5 Å². The van der Waals surface area contributed by atoms with Crippen molar-refractivity contribution in [2.45, 2.75) is 65.5 Å². The molecule has 2 atom stereocenters. The van der Waals surface area contributed by atoms with Crippen molar-refractivity contribution < 1.29 is 0 Å². The average Bonchev–Trinajstić information content (AvgIpc) is 2.32. The van der Waals surface area contributed by atoms with Crippen molar-refractivity contribution in [2.75, 3.05) is 0 Å². The first-order valence-electron chi connectivity index (χ1n) is 6.68. The second-order valence-corrected chi connectivity index (χ2v) is 5.46. The first-order valence-corrected chi connectivity index (χ1v) is 6.68. The Hall–Kier alpha value is -1.13. The van der Waals surface area contributed by atoms with Crippen molar-refractivity contribution in [3.63, 3.8) is 0 Å². The van der Waals surface area contributed by atoms with Crippen LogP contribution < -0.4 is 0 Å². The van der Waals surface area contributed by atoms with Crippen molar-refractivity contribution in [1.82, 2.24) is 0 Å². The third kappa shape index (κ3) is 11.7. The largest absolute Gasteiger partial charge is 0.196 e. The molecule has 0 saturated carbocycles. The van der Waals surface area contributed by atoms with Crippen LogP contribution in [-0.4, -0.2) is 12.1 Å². The molecule has 0 fully saturated rings. The summed E-state index contributed by atoms with van der Waals surface area (Å²) in [6.07, 6.45) is 3.36. The molecule has 2 unspecified atom stereocenters. The highest BCUT2D eigenvalue weighted by Crippen LogP contribution is 2.12. The van der Waals surface area contributed by atoms with E-state index in [9.17, 15) is 0 Å². The molecule has 108 valence electrons. The standard InChI is InChI=1S/C14H24N4.ClH/c1-11(2)5-7-13(9-15)17-18-14(10-16)8-6-12(3)4;/h11-14H,5-8H2,1-4H3;1H. The Kier molecular flexibility index (Phi) is 12.7. The molecule has 0 aliphatic rings. The minimum absolute atomic E-state index is 0. The summed E-state index contributed by atoms with van der Waals surface area (Å²) >= 11 is 0. The van der Waals surface area contributed by atoms with Crippen LogP contribution in [0.4, 0.5) is 0 Å². The summed E-state index contributed by atoms with van der Waals surface area (Å²) in [5.41, 5.74) is 0. The van der Waals surface area contributed by atoms with E-state index >= 15 is 0 Å². The fourth-order valence-corrected chi connectivity index (χ4v) is 1.44. The smallest absolute Gasteiger partial charge is 0.157 e. The minimum Gasteiger partial charge on any atom is -0.196 e. The van der Waals surface area contributed by atoms with E-state index in [1.54, 1.807) is 0 Å². The zero-order chi connectivity index (χ0) is 14.0. The molecule has 0 radical (unpaired) electrons. The Balaban J connectivity index is 0. The predicted octanol–water partition coefficient (Wildman–Crippen LogP) is 4.52. The van der Waals surface area contributed by atoms with Gasteiger partial charge in [0.25, 0.3) is 0 Å². The lowest BCUT2D eigenvalue weighted by Crippen LogP contribution is -2.06. The summed E-state index contributed by atoms with van der Waals surface area (Å²) in [4.78, 5) is 0. The van der Waals surface area contributed by atoms with E-state index in [1.165, 1.54) is 0 Å². The van der Waals surface area contributed by atoms with Gasteiger partial charge in [-0.2, -0.15) is 20.8 Å². The molecule has 0 N–H and O–H groups in total. The van der Waals surface area contributed by atoms with E-state index < -0.39 is 12.1 Å². The van der Waals surface area contributed by atoms with Gasteiger partial charge >= 0.3 is 0 Å². The number of hydrogen-bond donors (Lipinski definition) is 0. The Morgan fingerprint density at radius 1 is 0.737 bits per heavy atom. The summed E-state index contributed by atoms with van der Waals surface area (Å²) < 4.78 is 0. The van der Waals surface area contributed by atoms with Crippen molar-refractivity contribution >= 4 is 12.4 Å². The maximum atomic E-state index is 8.96. The van der Waals surface area contributed by atoms with Crippen LogP contribution in [0.1, 0.15) is 53.4 Å². The maximum absolute atomic E-state index is 8.96. The monoisotopic (exact) mass is 284 g/mol. The molecule has 4 nitrogen and oxygen atoms in total. The Labute approximate surface area is 123 Å². The van der Waals surface area contributed by atoms with Crippen LogP contribution >= 0.6 is 12.4 Å². The number of nitrogens with zero attached hydrogens (tertiary/aromatic N) is 4. The third-order valence-corrected chi connectivity index (χ3v) is 2.68. The molecular formula is C14H25ClN4. The van der Waals surface area contributed by atoms with E-state index in [0.717, 1.165) is 25.7 Å². The topological polar surface area (TPSA) is 72.3 Å². The number of halogens is 1. The highest BCUT2D eigenvalue weighted by molar-refractivity contribution is 5.85. The third-order valence-electron chi connectivity index (χ3n) is 2.68. The lowest BCUT2D eigenvalue weighted by atomic mass is 10.0. The molecule has 0 amide bonds. The van der Waals surface area contributed by atoms with Crippen molar-refractivity contribution in [3.8, 4) is 12.1 Å². The summed E-state index contributed by atoms with van der Waals surface area (Å²) in [6.45, 7) is 8.47. The first kappa shape index (κ1) is 20.2. The van der Waals surface area contributed by atoms with Crippen molar-refractivity contribution in [2.24, 2.45) is 22.1 Å². The van der Waals surface area contributed by atoms with Gasteiger partial charge in [0, 0.05) is 0 Å². The van der Waals surface area contributed by atoms with Gasteiger partial charge in [0.15, 0.2) is 12.1 Å². The molecule has 0 rings (SSSR count). The van der Waals surface area contributed by atoms with E-state index in [0.29, 0.717) is 11.8 Å². The van der Waals surface area contributed by atoms with Gasteiger partial charge in [-0.05, 0) is 37.5 Å². The number of rotatable bonds is 8. The second kappa shape index (κ2) is 11.9. The molecule has 0 spiro atoms. The fraction of sp³-hybridized carbons (Fsp3) is 0.857. The zero-order valence-corrected chi connectivity index (χ0v) is 13.2. The van der Waals surface area contributed by atoms with Crippen LogP contribution in [0.3, 0.4) is 0 Å². The lowest BCUT2D eigenvalue weighted by Gasteiger charge is -2.07. The minimum atomic E-state index is -0.401. The van der Waals surface area contributed by atoms with Crippen molar-refractivity contribution in [3.05, 3.63) is 0 Å². The van der Waals surface area contributed by atoms with Crippen LogP contribution in [-0.2, 0) is 0 Å². The summed E-state index contributed by atoms with van der Waals surface area (Å²) in [5, 5.41) is 25.9. The van der Waals surface area contributed by atoms with Gasteiger partial charge in [-0.15, -0.1) is 12.4 Å². The lowest BCUT2D eigenvalue weighted by molar-refractivity contribution is 0.504. The molecule has 0 heterocycles. The van der Waals surface area contributed by atoms with E-state index in [4.69, 9.17) is 10.5 Å². The molecule has 0 aromatic rings. The van der Waals surface area contributed by atoms with Gasteiger partial charge < -0.3 is 0 Å². The molecule has 0 aromatic carbocycles. The van der Waals surface area contributed by atoms with Crippen LogP contribution in [0.5, 0.6) is 0 Å². The average molecular weight is 285 g/mol. The number of azo groups is 1. The van der Waals surface area contributed by atoms with Gasteiger partial charge in [0.2, 0.25) is 0 Å². The van der Waals surface area contributed by atoms with Crippen LogP contribution in [0.2, 0.25) is 0 Å². The molecule has 0 saturated heterocycles. The highest BCUT2D eigenvalue weighted by atomic mass is 35.5. The Bertz CT molecular complexity index is 293. The molecule has 0 aliphatic heterocycles. The SMILES string of the molecule is CC(C)CCC(C#N)N=NC(C#N)CCC(C)C.Cl. The first-order chi connectivity index (χ1) is 8.49. The Morgan fingerprint density at radius 2 is 1.05 bits per heavy atom. The van der Waals surface area contributed by atoms with Gasteiger partial charge in [-0.3, -0.25) is 0 Å². The zero-order valence-electron chi connectivity index (χ0n) is 12.3. The van der Waals surface area contributed by atoms with E-state index in [-0.39, 0.29) is 12.4 Å². The molecule has 0 aliphatic carbocycles. The number of nitriles is 2. The van der Waals surface area contributed by atoms with Gasteiger partial charge in [0.05, 0.1) is 12.1 Å². The second-order valence-electron chi connectivity index (χ2n) is 5.46. The van der Waals surface area contributed by atoms with Gasteiger partial charge in [0.1, 0.15) is 0 Å². The molecular weight excluding hydrogens is 260 g/mol. The van der Waals surface area contributed by atoms with E-state index in [1.807, 2.05) is 0 Å². The van der Waals surface area contributed by atoms with Gasteiger partial charge in [-0.25, -0.2) is 0 Å². The molecule has 19 heavy (non-hydrogen) atoms. The Morgan fingerprint density at radius 3 is 1.26 bits per heavy atom. The molecule has 0 bridgehead atoms. The van der Waals surface area contributed by atoms with Crippen LogP contribution in [0.25, 0.3) is 0 Å². The quantitative estimate of drug-likeness (QED) is 0.615. The van der Waals surface area contributed by atoms with Crippen LogP contribution in [0, 0.1) is 34.5 Å². The summed E-state index contributed by atoms with van der Waals surface area (Å²) in [6, 6.07) is 3.46. The summed E-state index contributed by atoms with van der Waals surface area (Å²) in [5.74, 6) is 1.12. The summed E-state index contributed by atoms with van der Waals surface area (Å²) in [7, 11) is 0. The van der Waals surface area contributed by atoms with E-state index in [2.05, 4.69) is 50.1 Å².